The van der Waals surface area contributed by atoms with E-state index in [0.29, 0.717) is 6.04 Å². The molecule has 140 valence electrons. The van der Waals surface area contributed by atoms with E-state index in [9.17, 15) is 4.79 Å². The van der Waals surface area contributed by atoms with Gasteiger partial charge in [-0.2, -0.15) is 0 Å². The zero-order valence-corrected chi connectivity index (χ0v) is 17.7. The third kappa shape index (κ3) is 8.07. The molecular formula is C19H31IN4O. The Morgan fingerprint density at radius 2 is 1.92 bits per heavy atom. The highest BCUT2D eigenvalue weighted by molar-refractivity contribution is 14.0. The van der Waals surface area contributed by atoms with Crippen LogP contribution in [0.5, 0.6) is 0 Å². The van der Waals surface area contributed by atoms with Gasteiger partial charge in [0.05, 0.1) is 0 Å². The number of aryl methyl sites for hydroxylation is 1. The Morgan fingerprint density at radius 3 is 2.56 bits per heavy atom. The van der Waals surface area contributed by atoms with Crippen molar-refractivity contribution in [1.29, 1.82) is 0 Å². The number of nitrogens with one attached hydrogen (secondary N) is 2. The van der Waals surface area contributed by atoms with Gasteiger partial charge < -0.3 is 15.5 Å². The van der Waals surface area contributed by atoms with E-state index in [1.807, 2.05) is 17.9 Å². The summed E-state index contributed by atoms with van der Waals surface area (Å²) in [5.41, 5.74) is 1.34. The lowest BCUT2D eigenvalue weighted by Gasteiger charge is -2.19. The Kier molecular flexibility index (Phi) is 10.5. The van der Waals surface area contributed by atoms with Gasteiger partial charge in [-0.25, -0.2) is 4.99 Å². The van der Waals surface area contributed by atoms with Gasteiger partial charge in [0.15, 0.2) is 5.96 Å². The molecule has 1 amide bonds. The largest absolute Gasteiger partial charge is 0.357 e. The summed E-state index contributed by atoms with van der Waals surface area (Å²) in [5, 5.41) is 6.63. The van der Waals surface area contributed by atoms with Crippen molar-refractivity contribution >= 4 is 35.8 Å². The number of carbonyl (C=O) groups excluding carboxylic acids is 1. The molecule has 0 aliphatic carbocycles. The number of guanidine groups is 1. The highest BCUT2D eigenvalue weighted by atomic mass is 127. The second kappa shape index (κ2) is 12.1. The van der Waals surface area contributed by atoms with Crippen molar-refractivity contribution in [2.45, 2.75) is 45.6 Å². The highest BCUT2D eigenvalue weighted by Gasteiger charge is 2.17. The second-order valence-electron chi connectivity index (χ2n) is 6.35. The predicted octanol–water partition coefficient (Wildman–Crippen LogP) is 2.80. The van der Waals surface area contributed by atoms with Crippen molar-refractivity contribution < 1.29 is 4.79 Å². The van der Waals surface area contributed by atoms with E-state index >= 15 is 0 Å². The van der Waals surface area contributed by atoms with Gasteiger partial charge in [0.1, 0.15) is 6.54 Å². The molecule has 5 nitrogen and oxygen atoms in total. The quantitative estimate of drug-likeness (QED) is 0.376. The zero-order valence-electron chi connectivity index (χ0n) is 15.3. The fourth-order valence-corrected chi connectivity index (χ4v) is 2.87. The summed E-state index contributed by atoms with van der Waals surface area (Å²) >= 11 is 0. The lowest BCUT2D eigenvalue weighted by Crippen LogP contribution is -2.43. The Balaban J connectivity index is 0.00000312. The number of carbonyl (C=O) groups is 1. The SMILES string of the molecule is CCNC(=NCC(=O)N1CCCC1)NC(C)CCc1ccccc1.I. The molecule has 1 aromatic carbocycles. The van der Waals surface area contributed by atoms with Crippen molar-refractivity contribution in [3.8, 4) is 0 Å². The zero-order chi connectivity index (χ0) is 17.2. The third-order valence-corrected chi connectivity index (χ3v) is 4.27. The van der Waals surface area contributed by atoms with Crippen LogP contribution in [0, 0.1) is 0 Å². The monoisotopic (exact) mass is 458 g/mol. The van der Waals surface area contributed by atoms with Gasteiger partial charge in [0, 0.05) is 25.7 Å². The van der Waals surface area contributed by atoms with Gasteiger partial charge in [0.2, 0.25) is 5.91 Å². The molecule has 0 saturated carbocycles. The van der Waals surface area contributed by atoms with E-state index in [0.717, 1.165) is 51.3 Å². The Labute approximate surface area is 168 Å². The maximum Gasteiger partial charge on any atom is 0.244 e. The predicted molar refractivity (Wildman–Crippen MR) is 115 cm³/mol. The van der Waals surface area contributed by atoms with Crippen molar-refractivity contribution in [3.05, 3.63) is 35.9 Å². The van der Waals surface area contributed by atoms with Crippen molar-refractivity contribution in [1.82, 2.24) is 15.5 Å². The van der Waals surface area contributed by atoms with E-state index in [-0.39, 0.29) is 36.4 Å². The van der Waals surface area contributed by atoms with Crippen molar-refractivity contribution in [3.63, 3.8) is 0 Å². The number of likely N-dealkylation sites (tertiary alicyclic amines) is 1. The average molecular weight is 458 g/mol. The number of rotatable bonds is 7. The molecule has 1 aromatic rings. The fourth-order valence-electron chi connectivity index (χ4n) is 2.87. The average Bonchev–Trinajstić information content (AvgIpc) is 3.13. The molecule has 0 spiro atoms. The summed E-state index contributed by atoms with van der Waals surface area (Å²) in [6, 6.07) is 10.8. The number of amides is 1. The van der Waals surface area contributed by atoms with Crippen molar-refractivity contribution in [2.75, 3.05) is 26.2 Å². The van der Waals surface area contributed by atoms with E-state index in [2.05, 4.69) is 46.8 Å². The Bertz CT molecular complexity index is 529. The summed E-state index contributed by atoms with van der Waals surface area (Å²) in [4.78, 5) is 18.5. The first-order valence-corrected chi connectivity index (χ1v) is 9.05. The van der Waals surface area contributed by atoms with Gasteiger partial charge in [-0.05, 0) is 45.1 Å². The van der Waals surface area contributed by atoms with Crippen LogP contribution >= 0.6 is 24.0 Å². The van der Waals surface area contributed by atoms with Gasteiger partial charge in [0.25, 0.3) is 0 Å². The molecule has 25 heavy (non-hydrogen) atoms. The molecule has 1 aliphatic rings. The molecule has 0 radical (unpaired) electrons. The normalized spacial score (nSPS) is 15.4. The highest BCUT2D eigenvalue weighted by Crippen LogP contribution is 2.07. The van der Waals surface area contributed by atoms with Crippen LogP contribution in [0.2, 0.25) is 0 Å². The Morgan fingerprint density at radius 1 is 1.24 bits per heavy atom. The maximum atomic E-state index is 12.1. The molecule has 1 saturated heterocycles. The van der Waals surface area contributed by atoms with Gasteiger partial charge >= 0.3 is 0 Å². The standard InChI is InChI=1S/C19H30N4O.HI/c1-3-20-19(21-15-18(24)23-13-7-8-14-23)22-16(2)11-12-17-9-5-4-6-10-17;/h4-6,9-10,16H,3,7-8,11-15H2,1-2H3,(H2,20,21,22);1H. The molecule has 2 N–H and O–H groups in total. The molecule has 1 aliphatic heterocycles. The first-order chi connectivity index (χ1) is 11.7. The maximum absolute atomic E-state index is 12.1. The van der Waals surface area contributed by atoms with Crippen LogP contribution < -0.4 is 10.6 Å². The Hall–Kier alpha value is -1.31. The molecular weight excluding hydrogens is 427 g/mol. The summed E-state index contributed by atoms with van der Waals surface area (Å²) in [6.07, 6.45) is 4.28. The molecule has 1 atom stereocenters. The molecule has 6 heteroatoms. The van der Waals surface area contributed by atoms with Crippen LogP contribution in [0.15, 0.2) is 35.3 Å². The van der Waals surface area contributed by atoms with E-state index in [1.54, 1.807) is 0 Å². The van der Waals surface area contributed by atoms with Gasteiger partial charge in [-0.3, -0.25) is 4.79 Å². The fraction of sp³-hybridized carbons (Fsp3) is 0.579. The number of nitrogens with zero attached hydrogens (tertiary/aromatic N) is 2. The number of hydrogen-bond acceptors (Lipinski definition) is 2. The summed E-state index contributed by atoms with van der Waals surface area (Å²) < 4.78 is 0. The van der Waals surface area contributed by atoms with Crippen LogP contribution in [0.25, 0.3) is 0 Å². The summed E-state index contributed by atoms with van der Waals surface area (Å²) in [7, 11) is 0. The summed E-state index contributed by atoms with van der Waals surface area (Å²) in [5.74, 6) is 0.854. The number of hydrogen-bond donors (Lipinski definition) is 2. The van der Waals surface area contributed by atoms with Gasteiger partial charge in [-0.15, -0.1) is 24.0 Å². The molecule has 1 heterocycles. The second-order valence-corrected chi connectivity index (χ2v) is 6.35. The minimum Gasteiger partial charge on any atom is -0.357 e. The van der Waals surface area contributed by atoms with E-state index in [1.165, 1.54) is 5.56 Å². The molecule has 1 fully saturated rings. The molecule has 0 bridgehead atoms. The number of halogens is 1. The van der Waals surface area contributed by atoms with Crippen LogP contribution in [0.3, 0.4) is 0 Å². The van der Waals surface area contributed by atoms with Gasteiger partial charge in [-0.1, -0.05) is 30.3 Å². The lowest BCUT2D eigenvalue weighted by atomic mass is 10.1. The van der Waals surface area contributed by atoms with Crippen LogP contribution in [0.4, 0.5) is 0 Å². The minimum absolute atomic E-state index is 0. The summed E-state index contributed by atoms with van der Waals surface area (Å²) in [6.45, 7) is 6.96. The minimum atomic E-state index is 0. The topological polar surface area (TPSA) is 56.7 Å². The lowest BCUT2D eigenvalue weighted by molar-refractivity contribution is -0.128. The first kappa shape index (κ1) is 21.7. The van der Waals surface area contributed by atoms with Crippen LogP contribution in [0.1, 0.15) is 38.7 Å². The van der Waals surface area contributed by atoms with Crippen LogP contribution in [-0.4, -0.2) is 49.0 Å². The molecule has 2 rings (SSSR count). The molecule has 1 unspecified atom stereocenters. The smallest absolute Gasteiger partial charge is 0.244 e. The van der Waals surface area contributed by atoms with Crippen LogP contribution in [-0.2, 0) is 11.2 Å². The first-order valence-electron chi connectivity index (χ1n) is 9.05. The number of aliphatic imine (C=N–C) groups is 1. The third-order valence-electron chi connectivity index (χ3n) is 4.27. The van der Waals surface area contributed by atoms with Crippen molar-refractivity contribution in [2.24, 2.45) is 4.99 Å². The number of benzene rings is 1. The van der Waals surface area contributed by atoms with E-state index in [4.69, 9.17) is 0 Å². The van der Waals surface area contributed by atoms with E-state index < -0.39 is 0 Å². The molecule has 0 aromatic heterocycles.